The first-order valence-corrected chi connectivity index (χ1v) is 12.4. The van der Waals surface area contributed by atoms with Gasteiger partial charge in [0.25, 0.3) is 0 Å². The number of aliphatic carboxylic acids is 1. The topological polar surface area (TPSA) is 67.8 Å². The van der Waals surface area contributed by atoms with Gasteiger partial charge in [-0.1, -0.05) is 67.2 Å². The summed E-state index contributed by atoms with van der Waals surface area (Å²) in [7, 11) is 0. The van der Waals surface area contributed by atoms with Crippen molar-refractivity contribution < 1.29 is 23.8 Å². The Balaban J connectivity index is 1.49. The Labute approximate surface area is 216 Å². The molecule has 3 aromatic carbocycles. The Morgan fingerprint density at radius 3 is 2.70 bits per heavy atom. The van der Waals surface area contributed by atoms with Gasteiger partial charge in [0, 0.05) is 24.1 Å². The van der Waals surface area contributed by atoms with Gasteiger partial charge in [-0.15, -0.1) is 0 Å². The summed E-state index contributed by atoms with van der Waals surface area (Å²) in [5.74, 6) is -1.35. The van der Waals surface area contributed by atoms with Crippen molar-refractivity contribution in [2.45, 2.75) is 38.3 Å². The van der Waals surface area contributed by atoms with Gasteiger partial charge in [-0.05, 0) is 60.4 Å². The molecule has 0 unspecified atom stereocenters. The molecular weight excluding hydrogens is 469 g/mol. The van der Waals surface area contributed by atoms with E-state index >= 15 is 0 Å². The summed E-state index contributed by atoms with van der Waals surface area (Å²) in [5, 5.41) is 14.9. The van der Waals surface area contributed by atoms with Crippen LogP contribution in [0.2, 0.25) is 0 Å². The number of fused-ring (bicyclic) bond motifs is 2. The van der Waals surface area contributed by atoms with Crippen molar-refractivity contribution in [3.05, 3.63) is 114 Å². The fourth-order valence-corrected chi connectivity index (χ4v) is 4.78. The standard InChI is InChI=1S/C31H32FNO4/c1-4-29(36-19-31(34)35)28(32)16-20(2)27-17-23(37-30-15-8-7-13-26(27)30)18-33-21(3)24-14-9-11-22-10-5-6-12-25(22)24/h4-16,21,23,27,33H,2,17-19H2,1,3H3,(H,34,35)/b28-16+,29-4+/t21-,23-,27+/m1/s1. The molecule has 0 radical (unpaired) electrons. The zero-order chi connectivity index (χ0) is 26.4. The number of hydrogen-bond acceptors (Lipinski definition) is 4. The van der Waals surface area contributed by atoms with Crippen LogP contribution in [0.25, 0.3) is 10.8 Å². The minimum Gasteiger partial charge on any atom is -0.489 e. The second-order valence-corrected chi connectivity index (χ2v) is 9.17. The number of rotatable bonds is 10. The van der Waals surface area contributed by atoms with E-state index in [0.29, 0.717) is 18.5 Å². The molecule has 0 aliphatic carbocycles. The molecule has 2 N–H and O–H groups in total. The molecule has 1 heterocycles. The molecular formula is C31H32FNO4. The van der Waals surface area contributed by atoms with Crippen LogP contribution in [-0.2, 0) is 9.53 Å². The van der Waals surface area contributed by atoms with Gasteiger partial charge >= 0.3 is 5.97 Å². The van der Waals surface area contributed by atoms with Crippen molar-refractivity contribution in [1.82, 2.24) is 5.32 Å². The van der Waals surface area contributed by atoms with Crippen molar-refractivity contribution in [2.75, 3.05) is 13.2 Å². The van der Waals surface area contributed by atoms with E-state index in [9.17, 15) is 9.18 Å². The fourth-order valence-electron chi connectivity index (χ4n) is 4.78. The number of allylic oxidation sites excluding steroid dienone is 4. The molecule has 3 aromatic rings. The van der Waals surface area contributed by atoms with Crippen LogP contribution in [0, 0.1) is 0 Å². The highest BCUT2D eigenvalue weighted by atomic mass is 19.1. The zero-order valence-electron chi connectivity index (χ0n) is 21.1. The van der Waals surface area contributed by atoms with Crippen LogP contribution >= 0.6 is 0 Å². The molecule has 0 fully saturated rings. The van der Waals surface area contributed by atoms with E-state index in [1.165, 1.54) is 28.5 Å². The molecule has 0 saturated carbocycles. The van der Waals surface area contributed by atoms with Gasteiger partial charge in [0.2, 0.25) is 0 Å². The number of nitrogens with one attached hydrogen (secondary N) is 1. The number of para-hydroxylation sites is 1. The fraction of sp³-hybridized carbons (Fsp3) is 0.258. The van der Waals surface area contributed by atoms with E-state index in [-0.39, 0.29) is 23.8 Å². The molecule has 0 aromatic heterocycles. The van der Waals surface area contributed by atoms with Crippen LogP contribution in [0.15, 0.2) is 103 Å². The molecule has 0 amide bonds. The molecule has 3 atom stereocenters. The van der Waals surface area contributed by atoms with Crippen molar-refractivity contribution in [1.29, 1.82) is 0 Å². The van der Waals surface area contributed by atoms with E-state index in [1.54, 1.807) is 6.92 Å². The first-order valence-electron chi connectivity index (χ1n) is 12.4. The summed E-state index contributed by atoms with van der Waals surface area (Å²) in [5.41, 5.74) is 2.74. The normalized spacial score (nSPS) is 18.6. The molecule has 192 valence electrons. The quantitative estimate of drug-likeness (QED) is 0.235. The third-order valence-corrected chi connectivity index (χ3v) is 6.64. The lowest BCUT2D eigenvalue weighted by Gasteiger charge is -2.33. The Morgan fingerprint density at radius 1 is 1.19 bits per heavy atom. The summed E-state index contributed by atoms with van der Waals surface area (Å²) in [6.07, 6.45) is 3.21. The lowest BCUT2D eigenvalue weighted by atomic mass is 9.84. The van der Waals surface area contributed by atoms with Crippen LogP contribution in [0.3, 0.4) is 0 Å². The monoisotopic (exact) mass is 501 g/mol. The molecule has 0 spiro atoms. The molecule has 6 heteroatoms. The van der Waals surface area contributed by atoms with Gasteiger partial charge in [-0.25, -0.2) is 9.18 Å². The first-order chi connectivity index (χ1) is 17.9. The van der Waals surface area contributed by atoms with Crippen molar-refractivity contribution in [3.63, 3.8) is 0 Å². The van der Waals surface area contributed by atoms with E-state index in [2.05, 4.69) is 55.2 Å². The number of hydrogen-bond donors (Lipinski definition) is 2. The van der Waals surface area contributed by atoms with Gasteiger partial charge in [-0.2, -0.15) is 0 Å². The maximum Gasteiger partial charge on any atom is 0.341 e. The Hall–Kier alpha value is -3.90. The van der Waals surface area contributed by atoms with Crippen molar-refractivity contribution >= 4 is 16.7 Å². The first kappa shape index (κ1) is 26.2. The minimum absolute atomic E-state index is 0.106. The van der Waals surface area contributed by atoms with E-state index in [1.807, 2.05) is 30.3 Å². The molecule has 5 nitrogen and oxygen atoms in total. The van der Waals surface area contributed by atoms with Gasteiger partial charge in [0.1, 0.15) is 11.9 Å². The number of ether oxygens (including phenoxy) is 2. The largest absolute Gasteiger partial charge is 0.489 e. The van der Waals surface area contributed by atoms with Gasteiger partial charge in [0.15, 0.2) is 18.2 Å². The number of carboxylic acids is 1. The SMILES string of the molecule is C=C(/C=C(F)\C(=C/C)OCC(=O)O)[C@@H]1C[C@H](CN[C@H](C)c2cccc3ccccc23)Oc2ccccc21. The van der Waals surface area contributed by atoms with Crippen molar-refractivity contribution in [2.24, 2.45) is 0 Å². The molecule has 1 aliphatic heterocycles. The second kappa shape index (κ2) is 11.9. The minimum atomic E-state index is -1.17. The van der Waals surface area contributed by atoms with Gasteiger partial charge < -0.3 is 19.9 Å². The maximum absolute atomic E-state index is 14.9. The Morgan fingerprint density at radius 2 is 1.92 bits per heavy atom. The highest BCUT2D eigenvalue weighted by molar-refractivity contribution is 5.86. The molecule has 1 aliphatic rings. The van der Waals surface area contributed by atoms with Crippen LogP contribution in [0.1, 0.15) is 43.4 Å². The summed E-state index contributed by atoms with van der Waals surface area (Å²) in [6.45, 7) is 7.88. The predicted molar refractivity (Wildman–Crippen MR) is 144 cm³/mol. The van der Waals surface area contributed by atoms with Crippen LogP contribution < -0.4 is 10.1 Å². The number of carboxylic acid groups (broad SMARTS) is 1. The molecule has 4 rings (SSSR count). The summed E-state index contributed by atoms with van der Waals surface area (Å²) in [4.78, 5) is 10.8. The van der Waals surface area contributed by atoms with E-state index in [4.69, 9.17) is 14.6 Å². The number of carbonyl (C=O) groups is 1. The highest BCUT2D eigenvalue weighted by Gasteiger charge is 2.30. The summed E-state index contributed by atoms with van der Waals surface area (Å²) >= 11 is 0. The van der Waals surface area contributed by atoms with Gasteiger partial charge in [0.05, 0.1) is 0 Å². The van der Waals surface area contributed by atoms with Crippen molar-refractivity contribution in [3.8, 4) is 5.75 Å². The molecule has 0 saturated heterocycles. The smallest absolute Gasteiger partial charge is 0.341 e. The third kappa shape index (κ3) is 6.27. The lowest BCUT2D eigenvalue weighted by Crippen LogP contribution is -2.37. The van der Waals surface area contributed by atoms with E-state index < -0.39 is 18.4 Å². The lowest BCUT2D eigenvalue weighted by molar-refractivity contribution is -0.140. The second-order valence-electron chi connectivity index (χ2n) is 9.17. The number of benzene rings is 3. The van der Waals surface area contributed by atoms with Crippen LogP contribution in [-0.4, -0.2) is 30.3 Å². The zero-order valence-corrected chi connectivity index (χ0v) is 21.1. The third-order valence-electron chi connectivity index (χ3n) is 6.64. The van der Waals surface area contributed by atoms with Crippen LogP contribution in [0.4, 0.5) is 4.39 Å². The Bertz CT molecular complexity index is 1340. The maximum atomic E-state index is 14.9. The van der Waals surface area contributed by atoms with E-state index in [0.717, 1.165) is 11.3 Å². The number of halogens is 1. The summed E-state index contributed by atoms with van der Waals surface area (Å²) in [6, 6.07) is 22.5. The highest BCUT2D eigenvalue weighted by Crippen LogP contribution is 2.41. The average Bonchev–Trinajstić information content (AvgIpc) is 2.91. The average molecular weight is 502 g/mol. The molecule has 37 heavy (non-hydrogen) atoms. The predicted octanol–water partition coefficient (Wildman–Crippen LogP) is 6.84. The summed E-state index contributed by atoms with van der Waals surface area (Å²) < 4.78 is 26.3. The van der Waals surface area contributed by atoms with Crippen LogP contribution in [0.5, 0.6) is 5.75 Å². The molecule has 0 bridgehead atoms. The Kier molecular flexibility index (Phi) is 8.41. The van der Waals surface area contributed by atoms with Gasteiger partial charge in [-0.3, -0.25) is 0 Å².